The summed E-state index contributed by atoms with van der Waals surface area (Å²) in [6.45, 7) is 6.06. The van der Waals surface area contributed by atoms with Crippen LogP contribution in [-0.2, 0) is 0 Å². The van der Waals surface area contributed by atoms with Gasteiger partial charge in [-0.25, -0.2) is 19.3 Å². The Kier molecular flexibility index (Phi) is 5.68. The molecular formula is C25H28FN7. The van der Waals surface area contributed by atoms with Gasteiger partial charge in [0.2, 0.25) is 0 Å². The summed E-state index contributed by atoms with van der Waals surface area (Å²) in [7, 11) is 0. The third-order valence-corrected chi connectivity index (χ3v) is 6.23. The van der Waals surface area contributed by atoms with E-state index in [2.05, 4.69) is 39.0 Å². The molecule has 4 aromatic rings. The number of halogens is 1. The first-order chi connectivity index (χ1) is 16.0. The van der Waals surface area contributed by atoms with Gasteiger partial charge >= 0.3 is 0 Å². The molecule has 1 aromatic carbocycles. The Morgan fingerprint density at radius 1 is 1.12 bits per heavy atom. The fourth-order valence-electron chi connectivity index (χ4n) is 4.31. The number of H-pyrrole nitrogens is 1. The van der Waals surface area contributed by atoms with Gasteiger partial charge in [-0.05, 0) is 49.1 Å². The smallest absolute Gasteiger partial charge is 0.161 e. The molecular weight excluding hydrogens is 417 g/mol. The number of nitrogens with zero attached hydrogens (tertiary/aromatic N) is 4. The van der Waals surface area contributed by atoms with E-state index in [1.165, 1.54) is 12.1 Å². The molecule has 1 fully saturated rings. The summed E-state index contributed by atoms with van der Waals surface area (Å²) in [5, 5.41) is 4.59. The van der Waals surface area contributed by atoms with Gasteiger partial charge in [0.05, 0.1) is 16.8 Å². The van der Waals surface area contributed by atoms with Crippen molar-refractivity contribution in [1.29, 1.82) is 0 Å². The highest BCUT2D eigenvalue weighted by Gasteiger charge is 2.21. The largest absolute Gasteiger partial charge is 0.370 e. The summed E-state index contributed by atoms with van der Waals surface area (Å²) in [5.41, 5.74) is 10.8. The van der Waals surface area contributed by atoms with Crippen LogP contribution in [0.15, 0.2) is 48.9 Å². The number of nitrogens with two attached hydrogens (primary N) is 1. The van der Waals surface area contributed by atoms with Gasteiger partial charge in [-0.1, -0.05) is 13.8 Å². The molecule has 0 saturated carbocycles. The maximum absolute atomic E-state index is 13.4. The minimum absolute atomic E-state index is 0.223. The predicted molar refractivity (Wildman–Crippen MR) is 130 cm³/mol. The van der Waals surface area contributed by atoms with E-state index >= 15 is 0 Å². The van der Waals surface area contributed by atoms with Crippen LogP contribution >= 0.6 is 0 Å². The summed E-state index contributed by atoms with van der Waals surface area (Å²) >= 11 is 0. The van der Waals surface area contributed by atoms with Crippen molar-refractivity contribution < 1.29 is 4.39 Å². The molecule has 0 amide bonds. The van der Waals surface area contributed by atoms with Crippen LogP contribution in [0.2, 0.25) is 0 Å². The second-order valence-electron chi connectivity index (χ2n) is 8.86. The molecule has 1 saturated heterocycles. The van der Waals surface area contributed by atoms with E-state index in [0.29, 0.717) is 5.82 Å². The highest BCUT2D eigenvalue weighted by Crippen LogP contribution is 2.36. The lowest BCUT2D eigenvalue weighted by molar-refractivity contribution is 0.502. The summed E-state index contributed by atoms with van der Waals surface area (Å²) < 4.78 is 13.4. The Morgan fingerprint density at radius 2 is 1.88 bits per heavy atom. The first-order valence-electron chi connectivity index (χ1n) is 11.4. The molecule has 1 aliphatic rings. The molecule has 0 aliphatic carbocycles. The topological polar surface area (TPSA) is 95.8 Å². The van der Waals surface area contributed by atoms with Crippen LogP contribution in [0.1, 0.15) is 38.2 Å². The molecule has 33 heavy (non-hydrogen) atoms. The fourth-order valence-corrected chi connectivity index (χ4v) is 4.31. The zero-order chi connectivity index (χ0) is 22.9. The third-order valence-electron chi connectivity index (χ3n) is 6.23. The number of nitrogens with one attached hydrogen (secondary N) is 2. The van der Waals surface area contributed by atoms with E-state index in [1.807, 2.05) is 18.5 Å². The second kappa shape index (κ2) is 8.78. The highest BCUT2D eigenvalue weighted by atomic mass is 19.1. The van der Waals surface area contributed by atoms with Gasteiger partial charge in [0, 0.05) is 48.8 Å². The van der Waals surface area contributed by atoms with Crippen molar-refractivity contribution in [2.75, 3.05) is 23.3 Å². The first kappa shape index (κ1) is 21.3. The number of benzene rings is 1. The van der Waals surface area contributed by atoms with Crippen molar-refractivity contribution in [1.82, 2.24) is 19.9 Å². The van der Waals surface area contributed by atoms with Gasteiger partial charge in [-0.15, -0.1) is 0 Å². The van der Waals surface area contributed by atoms with Crippen LogP contribution in [0.5, 0.6) is 0 Å². The van der Waals surface area contributed by atoms with Crippen LogP contribution in [0.25, 0.3) is 22.4 Å². The van der Waals surface area contributed by atoms with Crippen molar-refractivity contribution >= 4 is 28.2 Å². The normalized spacial score (nSPS) is 14.9. The Balaban J connectivity index is 1.55. The molecule has 1 aliphatic heterocycles. The van der Waals surface area contributed by atoms with Gasteiger partial charge < -0.3 is 20.9 Å². The summed E-state index contributed by atoms with van der Waals surface area (Å²) in [5.74, 6) is 1.22. The molecule has 170 valence electrons. The zero-order valence-electron chi connectivity index (χ0n) is 18.8. The number of pyridine rings is 1. The molecule has 0 spiro atoms. The van der Waals surface area contributed by atoms with Crippen LogP contribution in [0.3, 0.4) is 0 Å². The summed E-state index contributed by atoms with van der Waals surface area (Å²) in [6.07, 6.45) is 7.60. The van der Waals surface area contributed by atoms with E-state index < -0.39 is 0 Å². The highest BCUT2D eigenvalue weighted by molar-refractivity contribution is 6.01. The average Bonchev–Trinajstić information content (AvgIpc) is 3.25. The molecule has 8 heteroatoms. The first-order valence-corrected chi connectivity index (χ1v) is 11.4. The van der Waals surface area contributed by atoms with Gasteiger partial charge in [-0.2, -0.15) is 0 Å². The summed E-state index contributed by atoms with van der Waals surface area (Å²) in [4.78, 5) is 19.6. The van der Waals surface area contributed by atoms with E-state index in [9.17, 15) is 4.39 Å². The number of hydrogen-bond acceptors (Lipinski definition) is 6. The molecule has 0 unspecified atom stereocenters. The lowest BCUT2D eigenvalue weighted by Crippen LogP contribution is -2.39. The minimum Gasteiger partial charge on any atom is -0.370 e. The SMILES string of the molecule is CC(C)c1cnc(-c2ccc(F)cc2)nc1Nc1ccnc2[nH]cc(N3CCC(N)CC3)c12. The van der Waals surface area contributed by atoms with E-state index in [4.69, 9.17) is 10.7 Å². The van der Waals surface area contributed by atoms with Crippen molar-refractivity contribution in [2.24, 2.45) is 5.73 Å². The Hall–Kier alpha value is -3.52. The Bertz CT molecular complexity index is 1260. The number of rotatable bonds is 5. The quantitative estimate of drug-likeness (QED) is 0.402. The molecule has 7 nitrogen and oxygen atoms in total. The predicted octanol–water partition coefficient (Wildman–Crippen LogP) is 4.95. The molecule has 0 bridgehead atoms. The number of aromatic amines is 1. The number of aromatic nitrogens is 4. The van der Waals surface area contributed by atoms with Crippen molar-refractivity contribution in [3.05, 3.63) is 60.3 Å². The standard InChI is InChI=1S/C25H28FN7/c1-15(2)19-13-29-23(16-3-5-17(26)6-4-16)32-24(19)31-20-7-10-28-25-22(20)21(14-30-25)33-11-8-18(27)9-12-33/h3-7,10,13-15,18H,8-9,11-12,27H2,1-2H3,(H2,28,29,30,31,32). The average molecular weight is 446 g/mol. The molecule has 5 rings (SSSR count). The van der Waals surface area contributed by atoms with Crippen LogP contribution < -0.4 is 16.0 Å². The van der Waals surface area contributed by atoms with Crippen LogP contribution in [0.4, 0.5) is 21.6 Å². The molecule has 0 radical (unpaired) electrons. The zero-order valence-corrected chi connectivity index (χ0v) is 18.8. The van der Waals surface area contributed by atoms with Gasteiger partial charge in [0.15, 0.2) is 5.82 Å². The van der Waals surface area contributed by atoms with E-state index in [-0.39, 0.29) is 17.8 Å². The molecule has 4 heterocycles. The van der Waals surface area contributed by atoms with Crippen molar-refractivity contribution in [2.45, 2.75) is 38.6 Å². The number of piperidine rings is 1. The second-order valence-corrected chi connectivity index (χ2v) is 8.86. The maximum atomic E-state index is 13.4. The van der Waals surface area contributed by atoms with Gasteiger partial charge in [0.25, 0.3) is 0 Å². The van der Waals surface area contributed by atoms with E-state index in [0.717, 1.165) is 65.3 Å². The minimum atomic E-state index is -0.284. The molecule has 4 N–H and O–H groups in total. The molecule has 0 atom stereocenters. The monoisotopic (exact) mass is 445 g/mol. The summed E-state index contributed by atoms with van der Waals surface area (Å²) in [6, 6.07) is 8.47. The number of fused-ring (bicyclic) bond motifs is 1. The van der Waals surface area contributed by atoms with E-state index in [1.54, 1.807) is 18.3 Å². The van der Waals surface area contributed by atoms with Crippen LogP contribution in [0, 0.1) is 5.82 Å². The van der Waals surface area contributed by atoms with Gasteiger partial charge in [0.1, 0.15) is 17.3 Å². The van der Waals surface area contributed by atoms with Crippen molar-refractivity contribution in [3.63, 3.8) is 0 Å². The third kappa shape index (κ3) is 4.26. The number of anilines is 3. The Labute approximate surface area is 192 Å². The number of hydrogen-bond donors (Lipinski definition) is 3. The fraction of sp³-hybridized carbons (Fsp3) is 0.320. The lowest BCUT2D eigenvalue weighted by Gasteiger charge is -2.31. The molecule has 3 aromatic heterocycles. The van der Waals surface area contributed by atoms with Crippen LogP contribution in [-0.4, -0.2) is 39.1 Å². The Morgan fingerprint density at radius 3 is 2.61 bits per heavy atom. The van der Waals surface area contributed by atoms with Crippen molar-refractivity contribution in [3.8, 4) is 11.4 Å². The maximum Gasteiger partial charge on any atom is 0.161 e. The van der Waals surface area contributed by atoms with Gasteiger partial charge in [-0.3, -0.25) is 0 Å². The lowest BCUT2D eigenvalue weighted by atomic mass is 10.0.